The van der Waals surface area contributed by atoms with Gasteiger partial charge in [-0.25, -0.2) is 4.79 Å². The third kappa shape index (κ3) is 4.99. The molecule has 140 valence electrons. The molecule has 4 N–H and O–H groups in total. The number of alkyl halides is 3. The maximum Gasteiger partial charge on any atom is 0.391 e. The molecule has 5 nitrogen and oxygen atoms in total. The Bertz CT molecular complexity index is 412. The Hall–Kier alpha value is -1.02. The van der Waals surface area contributed by atoms with Gasteiger partial charge in [0.25, 0.3) is 0 Å². The number of nitrogens with one attached hydrogen (secondary N) is 1. The first-order valence-electron chi connectivity index (χ1n) is 8.88. The molecule has 2 rings (SSSR count). The van der Waals surface area contributed by atoms with E-state index in [2.05, 4.69) is 11.1 Å². The maximum absolute atomic E-state index is 12.7. The van der Waals surface area contributed by atoms with Crippen LogP contribution >= 0.6 is 0 Å². The monoisotopic (exact) mass is 352 g/mol. The Labute approximate surface area is 141 Å². The molecule has 0 aromatic carbocycles. The van der Waals surface area contributed by atoms with Gasteiger partial charge in [0.1, 0.15) is 12.1 Å². The Morgan fingerprint density at radius 1 is 1.25 bits per heavy atom. The van der Waals surface area contributed by atoms with Gasteiger partial charge >= 0.3 is 12.2 Å². The average Bonchev–Trinajstić information content (AvgIpc) is 2.53. The molecular weight excluding hydrogens is 323 g/mol. The number of piperidine rings is 1. The van der Waals surface area contributed by atoms with E-state index in [1.165, 1.54) is 0 Å². The molecule has 1 saturated heterocycles. The van der Waals surface area contributed by atoms with Gasteiger partial charge in [-0.05, 0) is 39.0 Å². The van der Waals surface area contributed by atoms with Crippen molar-refractivity contribution >= 4 is 6.03 Å². The first kappa shape index (κ1) is 19.3. The van der Waals surface area contributed by atoms with Crippen LogP contribution in [0.3, 0.4) is 0 Å². The highest BCUT2D eigenvalue weighted by Crippen LogP contribution is 2.38. The molecule has 0 aromatic rings. The van der Waals surface area contributed by atoms with Crippen molar-refractivity contribution in [3.8, 4) is 0 Å². The fourth-order valence-corrected chi connectivity index (χ4v) is 3.66. The molecule has 1 aliphatic heterocycles. The van der Waals surface area contributed by atoms with Crippen molar-refractivity contribution in [1.82, 2.24) is 10.2 Å². The van der Waals surface area contributed by atoms with E-state index < -0.39 is 12.1 Å². The summed E-state index contributed by atoms with van der Waals surface area (Å²) in [5, 5.41) is 2.80. The lowest BCUT2D eigenvalue weighted by molar-refractivity contribution is -0.437. The Balaban J connectivity index is 1.84. The van der Waals surface area contributed by atoms with E-state index >= 15 is 0 Å². The minimum absolute atomic E-state index is 0.0906. The highest BCUT2D eigenvalue weighted by molar-refractivity contribution is 5.74. The molecule has 0 spiro atoms. The van der Waals surface area contributed by atoms with Crippen molar-refractivity contribution in [2.45, 2.75) is 69.8 Å². The van der Waals surface area contributed by atoms with Gasteiger partial charge in [0.05, 0.1) is 18.6 Å². The van der Waals surface area contributed by atoms with Gasteiger partial charge in [0.15, 0.2) is 0 Å². The van der Waals surface area contributed by atoms with Gasteiger partial charge < -0.3 is 20.7 Å². The number of halogens is 3. The smallest absolute Gasteiger partial charge is 0.376 e. The van der Waals surface area contributed by atoms with Gasteiger partial charge in [0, 0.05) is 19.5 Å². The molecule has 2 aliphatic rings. The van der Waals surface area contributed by atoms with Crippen molar-refractivity contribution < 1.29 is 28.4 Å². The zero-order chi connectivity index (χ0) is 17.7. The summed E-state index contributed by atoms with van der Waals surface area (Å²) in [6.45, 7) is 3.46. The second-order valence-corrected chi connectivity index (χ2v) is 6.85. The number of ether oxygens (including phenoxy) is 1. The van der Waals surface area contributed by atoms with Crippen molar-refractivity contribution in [3.63, 3.8) is 0 Å². The molecule has 1 saturated carbocycles. The number of amides is 2. The number of rotatable bonds is 4. The highest BCUT2D eigenvalue weighted by atomic mass is 19.4. The van der Waals surface area contributed by atoms with Crippen molar-refractivity contribution in [1.29, 1.82) is 0 Å². The summed E-state index contributed by atoms with van der Waals surface area (Å²) in [6, 6.07) is -0.126. The van der Waals surface area contributed by atoms with Gasteiger partial charge in [-0.2, -0.15) is 13.2 Å². The topological polar surface area (TPSA) is 69.2 Å². The van der Waals surface area contributed by atoms with Crippen molar-refractivity contribution in [2.24, 2.45) is 5.92 Å². The molecule has 2 amide bonds. The molecule has 2 fully saturated rings. The van der Waals surface area contributed by atoms with E-state index in [1.54, 1.807) is 4.90 Å². The van der Waals surface area contributed by atoms with Gasteiger partial charge in [-0.3, -0.25) is 0 Å². The number of likely N-dealkylation sites (tertiary alicyclic amines) is 1. The summed E-state index contributed by atoms with van der Waals surface area (Å²) in [6.07, 6.45) is -1.27. The summed E-state index contributed by atoms with van der Waals surface area (Å²) in [7, 11) is 0. The number of hydrogen-bond acceptors (Lipinski definition) is 2. The number of carbonyl (C=O) groups excluding carboxylic acids is 1. The Kier molecular flexibility index (Phi) is 6.74. The predicted molar refractivity (Wildman–Crippen MR) is 83.2 cm³/mol. The van der Waals surface area contributed by atoms with Crippen LogP contribution in [-0.4, -0.2) is 55.0 Å². The second kappa shape index (κ2) is 8.38. The van der Waals surface area contributed by atoms with E-state index in [4.69, 9.17) is 4.74 Å². The van der Waals surface area contributed by atoms with Crippen LogP contribution in [0, 0.1) is 5.92 Å². The van der Waals surface area contributed by atoms with Crippen LogP contribution in [0.25, 0.3) is 0 Å². The average molecular weight is 352 g/mol. The minimum Gasteiger partial charge on any atom is -0.376 e. The highest BCUT2D eigenvalue weighted by Gasteiger charge is 2.42. The predicted octanol–water partition coefficient (Wildman–Crippen LogP) is 1.93. The van der Waals surface area contributed by atoms with Crippen LogP contribution in [-0.2, 0) is 4.74 Å². The number of quaternary nitrogens is 1. The molecule has 8 heteroatoms. The molecule has 2 unspecified atom stereocenters. The van der Waals surface area contributed by atoms with Crippen LogP contribution in [0.2, 0.25) is 0 Å². The fraction of sp³-hybridized carbons (Fsp3) is 0.938. The summed E-state index contributed by atoms with van der Waals surface area (Å²) in [4.78, 5) is 13.9. The molecular formula is C16H29F3N3O2+. The van der Waals surface area contributed by atoms with Gasteiger partial charge in [0.2, 0.25) is 0 Å². The summed E-state index contributed by atoms with van der Waals surface area (Å²) in [5.41, 5.74) is 4.13. The SMILES string of the molecule is CCNC(=O)N1CCCC([NH3+])C1COC1CCC(C(F)(F)F)CC1. The molecule has 24 heavy (non-hydrogen) atoms. The number of urea groups is 1. The zero-order valence-corrected chi connectivity index (χ0v) is 14.3. The zero-order valence-electron chi connectivity index (χ0n) is 14.3. The van der Waals surface area contributed by atoms with E-state index in [9.17, 15) is 18.0 Å². The Morgan fingerprint density at radius 3 is 2.50 bits per heavy atom. The van der Waals surface area contributed by atoms with Crippen LogP contribution in [0.15, 0.2) is 0 Å². The van der Waals surface area contributed by atoms with Gasteiger partial charge in [-0.1, -0.05) is 0 Å². The summed E-state index contributed by atoms with van der Waals surface area (Å²) in [5.74, 6) is -1.19. The van der Waals surface area contributed by atoms with E-state index in [1.807, 2.05) is 6.92 Å². The first-order valence-corrected chi connectivity index (χ1v) is 8.88. The van der Waals surface area contributed by atoms with E-state index in [-0.39, 0.29) is 37.1 Å². The lowest BCUT2D eigenvalue weighted by Gasteiger charge is -2.38. The number of hydrogen-bond donors (Lipinski definition) is 2. The standard InChI is InChI=1S/C16H28F3N3O2/c1-2-21-15(23)22-9-3-4-13(20)14(22)10-24-12-7-5-11(6-8-12)16(17,18)19/h11-14H,2-10,20H2,1H3,(H,21,23)/p+1. The lowest BCUT2D eigenvalue weighted by Crippen LogP contribution is -2.73. The summed E-state index contributed by atoms with van der Waals surface area (Å²) < 4.78 is 44.0. The largest absolute Gasteiger partial charge is 0.391 e. The number of nitrogens with zero attached hydrogens (tertiary/aromatic N) is 1. The van der Waals surface area contributed by atoms with Crippen LogP contribution < -0.4 is 11.1 Å². The normalized spacial score (nSPS) is 31.8. The molecule has 0 radical (unpaired) electrons. The minimum atomic E-state index is -4.10. The second-order valence-electron chi connectivity index (χ2n) is 6.85. The molecule has 1 aliphatic carbocycles. The van der Waals surface area contributed by atoms with Crippen LogP contribution in [0.1, 0.15) is 45.4 Å². The van der Waals surface area contributed by atoms with E-state index in [0.717, 1.165) is 12.8 Å². The first-order chi connectivity index (χ1) is 11.3. The summed E-state index contributed by atoms with van der Waals surface area (Å²) >= 11 is 0. The molecule has 2 atom stereocenters. The quantitative estimate of drug-likeness (QED) is 0.812. The van der Waals surface area contributed by atoms with Crippen LogP contribution in [0.4, 0.5) is 18.0 Å². The maximum atomic E-state index is 12.7. The lowest BCUT2D eigenvalue weighted by atomic mass is 9.87. The molecule has 1 heterocycles. The molecule has 0 bridgehead atoms. The Morgan fingerprint density at radius 2 is 1.92 bits per heavy atom. The fourth-order valence-electron chi connectivity index (χ4n) is 3.66. The third-order valence-electron chi connectivity index (χ3n) is 5.15. The van der Waals surface area contributed by atoms with Crippen LogP contribution in [0.5, 0.6) is 0 Å². The number of carbonyl (C=O) groups is 1. The van der Waals surface area contributed by atoms with Crippen molar-refractivity contribution in [2.75, 3.05) is 19.7 Å². The molecule has 0 aromatic heterocycles. The van der Waals surface area contributed by atoms with E-state index in [0.29, 0.717) is 32.5 Å². The third-order valence-corrected chi connectivity index (χ3v) is 5.15. The van der Waals surface area contributed by atoms with Crippen molar-refractivity contribution in [3.05, 3.63) is 0 Å². The van der Waals surface area contributed by atoms with Gasteiger partial charge in [-0.15, -0.1) is 0 Å².